The minimum atomic E-state index is -0.618. The standard InChI is InChI=1S/C21H31NO4/c1-12(2)15-9-16(13(3)4)20(17(10-15)14(5)6)22-18(21(24)26-8)11-19(23)25-7/h9-14,22H,1-8H3/b18-11+. The van der Waals surface area contributed by atoms with E-state index in [0.29, 0.717) is 5.92 Å². The molecule has 0 unspecified atom stereocenters. The van der Waals surface area contributed by atoms with E-state index in [1.54, 1.807) is 0 Å². The van der Waals surface area contributed by atoms with Crippen molar-refractivity contribution in [3.63, 3.8) is 0 Å². The van der Waals surface area contributed by atoms with Gasteiger partial charge in [-0.25, -0.2) is 9.59 Å². The number of ether oxygens (including phenoxy) is 2. The lowest BCUT2D eigenvalue weighted by Crippen LogP contribution is -2.18. The van der Waals surface area contributed by atoms with Crippen molar-refractivity contribution in [3.8, 4) is 0 Å². The summed E-state index contributed by atoms with van der Waals surface area (Å²) >= 11 is 0. The fraction of sp³-hybridized carbons (Fsp3) is 0.524. The maximum absolute atomic E-state index is 12.1. The molecule has 0 spiro atoms. The van der Waals surface area contributed by atoms with Crippen molar-refractivity contribution in [2.45, 2.75) is 59.3 Å². The Morgan fingerprint density at radius 3 is 1.73 bits per heavy atom. The van der Waals surface area contributed by atoms with E-state index in [0.717, 1.165) is 22.9 Å². The van der Waals surface area contributed by atoms with Crippen LogP contribution in [0.15, 0.2) is 23.9 Å². The Kier molecular flexibility index (Phi) is 7.87. The van der Waals surface area contributed by atoms with Gasteiger partial charge >= 0.3 is 11.9 Å². The fourth-order valence-corrected chi connectivity index (χ4v) is 2.67. The summed E-state index contributed by atoms with van der Waals surface area (Å²) < 4.78 is 9.47. The van der Waals surface area contributed by atoms with Crippen molar-refractivity contribution >= 4 is 17.6 Å². The molecule has 0 aliphatic rings. The molecule has 0 aromatic heterocycles. The average molecular weight is 361 g/mol. The first-order chi connectivity index (χ1) is 12.1. The van der Waals surface area contributed by atoms with Crippen LogP contribution in [0.25, 0.3) is 0 Å². The number of nitrogens with one attached hydrogen (secondary N) is 1. The van der Waals surface area contributed by atoms with Crippen LogP contribution in [-0.4, -0.2) is 26.2 Å². The highest BCUT2D eigenvalue weighted by molar-refractivity contribution is 5.99. The number of carbonyl (C=O) groups excluding carboxylic acids is 2. The molecule has 1 aromatic rings. The highest BCUT2D eigenvalue weighted by atomic mass is 16.5. The molecule has 0 atom stereocenters. The van der Waals surface area contributed by atoms with E-state index < -0.39 is 11.9 Å². The molecule has 1 N–H and O–H groups in total. The second kappa shape index (κ2) is 9.41. The molecule has 0 radical (unpaired) electrons. The second-order valence-corrected chi connectivity index (χ2v) is 7.24. The second-order valence-electron chi connectivity index (χ2n) is 7.24. The van der Waals surface area contributed by atoms with E-state index >= 15 is 0 Å². The van der Waals surface area contributed by atoms with Crippen LogP contribution in [0, 0.1) is 0 Å². The molecule has 0 bridgehead atoms. The van der Waals surface area contributed by atoms with Crippen molar-refractivity contribution in [1.29, 1.82) is 0 Å². The summed E-state index contributed by atoms with van der Waals surface area (Å²) in [5, 5.41) is 3.15. The van der Waals surface area contributed by atoms with Gasteiger partial charge in [-0.05, 0) is 34.4 Å². The minimum Gasteiger partial charge on any atom is -0.466 e. The number of carbonyl (C=O) groups is 2. The Morgan fingerprint density at radius 2 is 1.38 bits per heavy atom. The lowest BCUT2D eigenvalue weighted by atomic mass is 9.87. The van der Waals surface area contributed by atoms with Gasteiger partial charge in [0.1, 0.15) is 5.70 Å². The molecule has 0 amide bonds. The predicted molar refractivity (Wildman–Crippen MR) is 104 cm³/mol. The van der Waals surface area contributed by atoms with Crippen LogP contribution in [0.2, 0.25) is 0 Å². The summed E-state index contributed by atoms with van der Waals surface area (Å²) in [5.74, 6) is -0.358. The fourth-order valence-electron chi connectivity index (χ4n) is 2.67. The summed E-state index contributed by atoms with van der Waals surface area (Å²) in [5.41, 5.74) is 4.35. The first kappa shape index (κ1) is 21.7. The highest BCUT2D eigenvalue weighted by Crippen LogP contribution is 2.36. The van der Waals surface area contributed by atoms with Gasteiger partial charge in [0.15, 0.2) is 0 Å². The zero-order valence-corrected chi connectivity index (χ0v) is 17.1. The number of hydrogen-bond acceptors (Lipinski definition) is 5. The normalized spacial score (nSPS) is 11.9. The first-order valence-corrected chi connectivity index (χ1v) is 8.95. The van der Waals surface area contributed by atoms with Gasteiger partial charge in [-0.3, -0.25) is 0 Å². The summed E-state index contributed by atoms with van der Waals surface area (Å²) in [7, 11) is 2.55. The molecular weight excluding hydrogens is 330 g/mol. The number of benzene rings is 1. The highest BCUT2D eigenvalue weighted by Gasteiger charge is 2.21. The van der Waals surface area contributed by atoms with E-state index in [2.05, 4.69) is 63.7 Å². The molecular formula is C21H31NO4. The molecule has 5 nitrogen and oxygen atoms in total. The largest absolute Gasteiger partial charge is 0.466 e. The molecule has 0 heterocycles. The van der Waals surface area contributed by atoms with Gasteiger partial charge in [0, 0.05) is 5.69 Å². The van der Waals surface area contributed by atoms with Gasteiger partial charge in [0.05, 0.1) is 20.3 Å². The molecule has 26 heavy (non-hydrogen) atoms. The third kappa shape index (κ3) is 5.35. The third-order valence-electron chi connectivity index (χ3n) is 4.26. The van der Waals surface area contributed by atoms with Crippen LogP contribution in [-0.2, 0) is 19.1 Å². The lowest BCUT2D eigenvalue weighted by Gasteiger charge is -2.24. The quantitative estimate of drug-likeness (QED) is 0.563. The predicted octanol–water partition coefficient (Wildman–Crippen LogP) is 4.70. The Labute approximate surface area is 156 Å². The van der Waals surface area contributed by atoms with Crippen LogP contribution in [0.5, 0.6) is 0 Å². The molecule has 144 valence electrons. The molecule has 1 rings (SSSR count). The Balaban J connectivity index is 3.59. The SMILES string of the molecule is COC(=O)/C=C(/Nc1c(C(C)C)cc(C(C)C)cc1C(C)C)C(=O)OC. The zero-order valence-electron chi connectivity index (χ0n) is 17.1. The molecule has 0 saturated heterocycles. The molecule has 1 aromatic carbocycles. The van der Waals surface area contributed by atoms with E-state index in [9.17, 15) is 9.59 Å². The van der Waals surface area contributed by atoms with Crippen molar-refractivity contribution < 1.29 is 19.1 Å². The summed E-state index contributed by atoms with van der Waals surface area (Å²) in [6.07, 6.45) is 1.12. The van der Waals surface area contributed by atoms with E-state index in [1.807, 2.05) is 0 Å². The minimum absolute atomic E-state index is 0.0560. The Hall–Kier alpha value is -2.30. The Morgan fingerprint density at radius 1 is 0.885 bits per heavy atom. The van der Waals surface area contributed by atoms with Gasteiger partial charge in [-0.15, -0.1) is 0 Å². The third-order valence-corrected chi connectivity index (χ3v) is 4.26. The number of methoxy groups -OCH3 is 2. The van der Waals surface area contributed by atoms with Crippen molar-refractivity contribution in [1.82, 2.24) is 0 Å². The number of hydrogen-bond donors (Lipinski definition) is 1. The lowest BCUT2D eigenvalue weighted by molar-refractivity contribution is -0.138. The van der Waals surface area contributed by atoms with Crippen molar-refractivity contribution in [2.75, 3.05) is 19.5 Å². The van der Waals surface area contributed by atoms with E-state index in [1.165, 1.54) is 19.8 Å². The van der Waals surface area contributed by atoms with Crippen LogP contribution >= 0.6 is 0 Å². The summed E-state index contributed by atoms with van der Waals surface area (Å²) in [6, 6.07) is 4.33. The van der Waals surface area contributed by atoms with Gasteiger partial charge < -0.3 is 14.8 Å². The molecule has 0 aliphatic carbocycles. The summed E-state index contributed by atoms with van der Waals surface area (Å²) in [4.78, 5) is 23.8. The average Bonchev–Trinajstić information content (AvgIpc) is 2.59. The summed E-state index contributed by atoms with van der Waals surface area (Å²) in [6.45, 7) is 12.8. The molecule has 0 saturated carbocycles. The van der Waals surface area contributed by atoms with Crippen LogP contribution < -0.4 is 5.32 Å². The van der Waals surface area contributed by atoms with Crippen LogP contribution in [0.4, 0.5) is 5.69 Å². The van der Waals surface area contributed by atoms with Crippen LogP contribution in [0.1, 0.15) is 76.0 Å². The van der Waals surface area contributed by atoms with Crippen LogP contribution in [0.3, 0.4) is 0 Å². The maximum Gasteiger partial charge on any atom is 0.354 e. The topological polar surface area (TPSA) is 64.6 Å². The Bertz CT molecular complexity index is 658. The monoisotopic (exact) mass is 361 g/mol. The van der Waals surface area contributed by atoms with Crippen molar-refractivity contribution in [3.05, 3.63) is 40.6 Å². The first-order valence-electron chi connectivity index (χ1n) is 8.95. The van der Waals surface area contributed by atoms with E-state index in [4.69, 9.17) is 4.74 Å². The molecule has 0 fully saturated rings. The molecule has 5 heteroatoms. The smallest absolute Gasteiger partial charge is 0.354 e. The van der Waals surface area contributed by atoms with Gasteiger partial charge in [-0.1, -0.05) is 53.7 Å². The molecule has 0 aliphatic heterocycles. The van der Waals surface area contributed by atoms with Gasteiger partial charge in [-0.2, -0.15) is 0 Å². The van der Waals surface area contributed by atoms with Crippen molar-refractivity contribution in [2.24, 2.45) is 0 Å². The van der Waals surface area contributed by atoms with E-state index in [-0.39, 0.29) is 17.5 Å². The maximum atomic E-state index is 12.1. The number of esters is 2. The van der Waals surface area contributed by atoms with Gasteiger partial charge in [0.2, 0.25) is 0 Å². The zero-order chi connectivity index (χ0) is 20.0. The number of anilines is 1. The van der Waals surface area contributed by atoms with Gasteiger partial charge in [0.25, 0.3) is 0 Å². The number of rotatable bonds is 7.